The molecule has 0 aliphatic carbocycles. The van der Waals surface area contributed by atoms with E-state index in [-0.39, 0.29) is 0 Å². The van der Waals surface area contributed by atoms with E-state index in [1.54, 1.807) is 0 Å². The van der Waals surface area contributed by atoms with Gasteiger partial charge in [-0.25, -0.2) is 15.0 Å². The molecule has 238 valence electrons. The van der Waals surface area contributed by atoms with Crippen LogP contribution < -0.4 is 0 Å². The third-order valence-corrected chi connectivity index (χ3v) is 9.71. The van der Waals surface area contributed by atoms with E-state index in [0.29, 0.717) is 17.5 Å². The van der Waals surface area contributed by atoms with Crippen molar-refractivity contribution in [3.05, 3.63) is 176 Å². The summed E-state index contributed by atoms with van der Waals surface area (Å²) in [6.07, 6.45) is 0. The molecule has 0 radical (unpaired) electrons. The van der Waals surface area contributed by atoms with Gasteiger partial charge in [-0.1, -0.05) is 146 Å². The molecule has 0 spiro atoms. The largest absolute Gasteiger partial charge is 0.455 e. The highest BCUT2D eigenvalue weighted by Crippen LogP contribution is 2.42. The summed E-state index contributed by atoms with van der Waals surface area (Å²) in [5, 5.41) is 6.59. The summed E-state index contributed by atoms with van der Waals surface area (Å²) in [6.45, 7) is 0. The molecule has 0 saturated carbocycles. The zero-order valence-electron chi connectivity index (χ0n) is 27.5. The maximum Gasteiger partial charge on any atom is 0.164 e. The Kier molecular flexibility index (Phi) is 6.78. The second kappa shape index (κ2) is 11.9. The molecule has 4 nitrogen and oxygen atoms in total. The molecule has 0 amide bonds. The predicted octanol–water partition coefficient (Wildman–Crippen LogP) is 12.4. The summed E-state index contributed by atoms with van der Waals surface area (Å²) in [5.41, 5.74) is 8.79. The topological polar surface area (TPSA) is 51.8 Å². The smallest absolute Gasteiger partial charge is 0.164 e. The SMILES string of the molecule is c1ccc(-c2ccc(-c3nc(-c4ccc5ccccc5c4)nc(-c4ccc(-c5ccccc5)c5oc6cc7ccccc7cc6c45)n3)cc2)cc1. The van der Waals surface area contributed by atoms with Crippen LogP contribution in [0.15, 0.2) is 180 Å². The molecule has 51 heavy (non-hydrogen) atoms. The molecular weight excluding hydrogens is 623 g/mol. The Labute approximate surface area is 294 Å². The minimum Gasteiger partial charge on any atom is -0.455 e. The molecule has 0 atom stereocenters. The first-order valence-corrected chi connectivity index (χ1v) is 17.1. The molecule has 0 bridgehead atoms. The van der Waals surface area contributed by atoms with E-state index in [1.165, 1.54) is 5.39 Å². The first-order valence-electron chi connectivity index (χ1n) is 17.1. The van der Waals surface area contributed by atoms with Gasteiger partial charge in [0.25, 0.3) is 0 Å². The van der Waals surface area contributed by atoms with E-state index in [9.17, 15) is 0 Å². The van der Waals surface area contributed by atoms with Crippen molar-refractivity contribution in [2.45, 2.75) is 0 Å². The van der Waals surface area contributed by atoms with Crippen LogP contribution in [0, 0.1) is 0 Å². The fraction of sp³-hybridized carbons (Fsp3) is 0. The van der Waals surface area contributed by atoms with Gasteiger partial charge in [0.1, 0.15) is 11.2 Å². The van der Waals surface area contributed by atoms with Crippen molar-refractivity contribution in [1.82, 2.24) is 15.0 Å². The average molecular weight is 652 g/mol. The highest BCUT2D eigenvalue weighted by atomic mass is 16.3. The minimum atomic E-state index is 0.593. The lowest BCUT2D eigenvalue weighted by atomic mass is 9.97. The second-order valence-corrected chi connectivity index (χ2v) is 12.8. The minimum absolute atomic E-state index is 0.593. The van der Waals surface area contributed by atoms with Crippen molar-refractivity contribution in [3.8, 4) is 56.4 Å². The van der Waals surface area contributed by atoms with Gasteiger partial charge < -0.3 is 4.42 Å². The second-order valence-electron chi connectivity index (χ2n) is 12.8. The van der Waals surface area contributed by atoms with E-state index in [1.807, 2.05) is 12.1 Å². The Morgan fingerprint density at radius 2 is 0.843 bits per heavy atom. The highest BCUT2D eigenvalue weighted by Gasteiger charge is 2.21. The molecule has 10 rings (SSSR count). The maximum absolute atomic E-state index is 6.77. The molecule has 0 unspecified atom stereocenters. The Morgan fingerprint density at radius 1 is 0.333 bits per heavy atom. The Morgan fingerprint density at radius 3 is 1.57 bits per heavy atom. The molecule has 10 aromatic rings. The number of hydrogen-bond acceptors (Lipinski definition) is 4. The van der Waals surface area contributed by atoms with Gasteiger partial charge in [0.15, 0.2) is 17.5 Å². The van der Waals surface area contributed by atoms with Gasteiger partial charge in [-0.05, 0) is 68.6 Å². The van der Waals surface area contributed by atoms with Crippen LogP contribution in [0.1, 0.15) is 0 Å². The van der Waals surface area contributed by atoms with Crippen LogP contribution in [0.5, 0.6) is 0 Å². The van der Waals surface area contributed by atoms with Crippen LogP contribution in [0.4, 0.5) is 0 Å². The number of furan rings is 1. The first kappa shape index (κ1) is 29.0. The van der Waals surface area contributed by atoms with Crippen LogP contribution in [-0.4, -0.2) is 15.0 Å². The third-order valence-electron chi connectivity index (χ3n) is 9.71. The van der Waals surface area contributed by atoms with E-state index in [0.717, 1.165) is 77.0 Å². The van der Waals surface area contributed by atoms with E-state index < -0.39 is 0 Å². The molecular formula is C47H29N3O. The summed E-state index contributed by atoms with van der Waals surface area (Å²) in [7, 11) is 0. The third kappa shape index (κ3) is 5.13. The zero-order valence-corrected chi connectivity index (χ0v) is 27.5. The fourth-order valence-corrected chi connectivity index (χ4v) is 7.12. The summed E-state index contributed by atoms with van der Waals surface area (Å²) in [4.78, 5) is 15.5. The van der Waals surface area contributed by atoms with E-state index >= 15 is 0 Å². The number of aromatic nitrogens is 3. The first-order chi connectivity index (χ1) is 25.2. The Bertz CT molecular complexity index is 2900. The predicted molar refractivity (Wildman–Crippen MR) is 209 cm³/mol. The van der Waals surface area contributed by atoms with Crippen LogP contribution >= 0.6 is 0 Å². The standard InChI is InChI=1S/C47H29N3O/c1-3-11-30(12-4-1)32-19-22-34(23-20-32)45-48-46(38-24-21-31-13-7-8-16-35(31)27-38)50-47(49-45)40-26-25-39(33-14-5-2-6-15-33)44-43(40)41-28-36-17-9-10-18-37(36)29-42(41)51-44/h1-29H. The quantitative estimate of drug-likeness (QED) is 0.186. The normalized spacial score (nSPS) is 11.5. The number of hydrogen-bond donors (Lipinski definition) is 0. The Hall–Kier alpha value is -6.91. The molecule has 0 aliphatic heterocycles. The maximum atomic E-state index is 6.77. The molecule has 2 aromatic heterocycles. The van der Waals surface area contributed by atoms with Crippen molar-refractivity contribution in [3.63, 3.8) is 0 Å². The number of benzene rings is 8. The average Bonchev–Trinajstić information content (AvgIpc) is 3.58. The van der Waals surface area contributed by atoms with Gasteiger partial charge in [0.2, 0.25) is 0 Å². The van der Waals surface area contributed by atoms with E-state index in [2.05, 4.69) is 164 Å². The van der Waals surface area contributed by atoms with E-state index in [4.69, 9.17) is 19.4 Å². The lowest BCUT2D eigenvalue weighted by Gasteiger charge is -2.11. The van der Waals surface area contributed by atoms with Crippen molar-refractivity contribution < 1.29 is 4.42 Å². The van der Waals surface area contributed by atoms with Gasteiger partial charge in [-0.3, -0.25) is 0 Å². The van der Waals surface area contributed by atoms with Gasteiger partial charge in [-0.2, -0.15) is 0 Å². The Balaban J connectivity index is 1.23. The van der Waals surface area contributed by atoms with Crippen LogP contribution in [0.2, 0.25) is 0 Å². The monoisotopic (exact) mass is 651 g/mol. The fourth-order valence-electron chi connectivity index (χ4n) is 7.12. The molecule has 0 N–H and O–H groups in total. The van der Waals surface area contributed by atoms with Gasteiger partial charge in [0.05, 0.1) is 0 Å². The number of fused-ring (bicyclic) bond motifs is 5. The molecule has 0 saturated heterocycles. The molecule has 0 aliphatic rings. The van der Waals surface area contributed by atoms with Crippen molar-refractivity contribution in [2.24, 2.45) is 0 Å². The molecule has 8 aromatic carbocycles. The van der Waals surface area contributed by atoms with Gasteiger partial charge in [0, 0.05) is 33.0 Å². The van der Waals surface area contributed by atoms with Gasteiger partial charge >= 0.3 is 0 Å². The lowest BCUT2D eigenvalue weighted by molar-refractivity contribution is 0.670. The zero-order chi connectivity index (χ0) is 33.7. The molecule has 4 heteroatoms. The van der Waals surface area contributed by atoms with Crippen molar-refractivity contribution in [1.29, 1.82) is 0 Å². The summed E-state index contributed by atoms with van der Waals surface area (Å²) >= 11 is 0. The lowest BCUT2D eigenvalue weighted by Crippen LogP contribution is -2.00. The highest BCUT2D eigenvalue weighted by molar-refractivity contribution is 6.18. The molecule has 2 heterocycles. The van der Waals surface area contributed by atoms with Crippen molar-refractivity contribution in [2.75, 3.05) is 0 Å². The number of nitrogens with zero attached hydrogens (tertiary/aromatic N) is 3. The number of rotatable bonds is 5. The summed E-state index contributed by atoms with van der Waals surface area (Å²) in [5.74, 6) is 1.82. The van der Waals surface area contributed by atoms with Crippen molar-refractivity contribution >= 4 is 43.5 Å². The van der Waals surface area contributed by atoms with Crippen LogP contribution in [-0.2, 0) is 0 Å². The summed E-state index contributed by atoms with van der Waals surface area (Å²) < 4.78 is 6.77. The summed E-state index contributed by atoms with van der Waals surface area (Å²) in [6, 6.07) is 61.0. The molecule has 0 fully saturated rings. The van der Waals surface area contributed by atoms with Crippen LogP contribution in [0.3, 0.4) is 0 Å². The van der Waals surface area contributed by atoms with Crippen LogP contribution in [0.25, 0.3) is 99.9 Å². The van der Waals surface area contributed by atoms with Gasteiger partial charge in [-0.15, -0.1) is 0 Å².